The summed E-state index contributed by atoms with van der Waals surface area (Å²) < 4.78 is 0. The number of rotatable bonds is 3. The molecule has 0 radical (unpaired) electrons. The molecule has 0 aromatic heterocycles. The van der Waals surface area contributed by atoms with Gasteiger partial charge in [-0.25, -0.2) is 0 Å². The number of carbonyl (C=O) groups excluding carboxylic acids is 2. The Morgan fingerprint density at radius 2 is 2.07 bits per heavy atom. The molecule has 0 aliphatic heterocycles. The van der Waals surface area contributed by atoms with Crippen molar-refractivity contribution in [2.45, 2.75) is 13.8 Å². The Kier molecular flexibility index (Phi) is 2.94. The Labute approximate surface area is 85.9 Å². The van der Waals surface area contributed by atoms with Gasteiger partial charge in [0.15, 0.2) is 12.1 Å². The summed E-state index contributed by atoms with van der Waals surface area (Å²) in [4.78, 5) is 31.7. The number of benzene rings is 1. The zero-order valence-corrected chi connectivity index (χ0v) is 8.31. The van der Waals surface area contributed by atoms with E-state index in [0.717, 1.165) is 6.07 Å². The number of nitro benzene ring substituents is 1. The van der Waals surface area contributed by atoms with Crippen molar-refractivity contribution in [3.05, 3.63) is 38.9 Å². The monoisotopic (exact) mass is 207 g/mol. The molecule has 1 rings (SSSR count). The minimum atomic E-state index is -0.664. The van der Waals surface area contributed by atoms with Crippen LogP contribution >= 0.6 is 0 Å². The lowest BCUT2D eigenvalue weighted by molar-refractivity contribution is -0.385. The minimum absolute atomic E-state index is 0.0185. The third-order valence-electron chi connectivity index (χ3n) is 2.09. The van der Waals surface area contributed by atoms with Gasteiger partial charge < -0.3 is 0 Å². The van der Waals surface area contributed by atoms with E-state index in [1.54, 1.807) is 6.92 Å². The summed E-state index contributed by atoms with van der Waals surface area (Å²) >= 11 is 0. The molecule has 78 valence electrons. The maximum absolute atomic E-state index is 11.1. The molecule has 0 amide bonds. The molecule has 0 fully saturated rings. The van der Waals surface area contributed by atoms with E-state index in [9.17, 15) is 19.7 Å². The quantitative estimate of drug-likeness (QED) is 0.328. The fraction of sp³-hybridized carbons (Fsp3) is 0.200. The van der Waals surface area contributed by atoms with E-state index in [4.69, 9.17) is 0 Å². The predicted octanol–water partition coefficient (Wildman–Crippen LogP) is 1.92. The summed E-state index contributed by atoms with van der Waals surface area (Å²) in [6.07, 6.45) is 0.428. The van der Waals surface area contributed by atoms with E-state index in [-0.39, 0.29) is 22.6 Å². The summed E-state index contributed by atoms with van der Waals surface area (Å²) in [7, 11) is 0. The normalized spacial score (nSPS) is 9.73. The fourth-order valence-corrected chi connectivity index (χ4v) is 1.29. The molecular weight excluding hydrogens is 198 g/mol. The molecule has 0 spiro atoms. The highest BCUT2D eigenvalue weighted by molar-refractivity contribution is 5.97. The van der Waals surface area contributed by atoms with Crippen LogP contribution < -0.4 is 0 Å². The van der Waals surface area contributed by atoms with E-state index in [2.05, 4.69) is 0 Å². The van der Waals surface area contributed by atoms with E-state index >= 15 is 0 Å². The van der Waals surface area contributed by atoms with Gasteiger partial charge in [0.2, 0.25) is 0 Å². The average molecular weight is 207 g/mol. The van der Waals surface area contributed by atoms with Gasteiger partial charge in [0.25, 0.3) is 5.69 Å². The zero-order chi connectivity index (χ0) is 11.6. The predicted molar refractivity (Wildman–Crippen MR) is 53.2 cm³/mol. The number of nitro groups is 1. The highest BCUT2D eigenvalue weighted by Gasteiger charge is 2.18. The first-order chi connectivity index (χ1) is 6.97. The first kappa shape index (κ1) is 11.0. The molecular formula is C10H9NO4. The van der Waals surface area contributed by atoms with Gasteiger partial charge in [0, 0.05) is 11.6 Å². The molecule has 15 heavy (non-hydrogen) atoms. The highest BCUT2D eigenvalue weighted by Crippen LogP contribution is 2.22. The fourth-order valence-electron chi connectivity index (χ4n) is 1.29. The van der Waals surface area contributed by atoms with Crippen molar-refractivity contribution in [2.24, 2.45) is 0 Å². The van der Waals surface area contributed by atoms with Crippen molar-refractivity contribution in [3.8, 4) is 0 Å². The summed E-state index contributed by atoms with van der Waals surface area (Å²) in [5.41, 5.74) is 0.370. The topological polar surface area (TPSA) is 77.3 Å². The van der Waals surface area contributed by atoms with Crippen LogP contribution in [0.3, 0.4) is 0 Å². The van der Waals surface area contributed by atoms with Crippen LogP contribution in [0.1, 0.15) is 33.2 Å². The molecule has 5 nitrogen and oxygen atoms in total. The van der Waals surface area contributed by atoms with E-state index in [1.807, 2.05) is 0 Å². The van der Waals surface area contributed by atoms with E-state index in [1.165, 1.54) is 13.0 Å². The van der Waals surface area contributed by atoms with Gasteiger partial charge in [-0.2, -0.15) is 0 Å². The number of nitrogens with zero attached hydrogens (tertiary/aromatic N) is 1. The Morgan fingerprint density at radius 1 is 1.47 bits per heavy atom. The molecule has 0 saturated heterocycles. The first-order valence-electron chi connectivity index (χ1n) is 4.22. The van der Waals surface area contributed by atoms with Crippen LogP contribution in [0.15, 0.2) is 12.1 Å². The maximum Gasteiger partial charge on any atom is 0.280 e. The lowest BCUT2D eigenvalue weighted by atomic mass is 10.0. The summed E-state index contributed by atoms with van der Waals surface area (Å²) in [5, 5.41) is 10.6. The van der Waals surface area contributed by atoms with Crippen LogP contribution in [0.4, 0.5) is 5.69 Å². The van der Waals surface area contributed by atoms with Gasteiger partial charge in [0.05, 0.1) is 10.5 Å². The molecule has 0 heterocycles. The number of ketones is 1. The Hall–Kier alpha value is -2.04. The third kappa shape index (κ3) is 2.07. The summed E-state index contributed by atoms with van der Waals surface area (Å²) in [5.74, 6) is -0.265. The Balaban J connectivity index is 3.52. The molecule has 1 aromatic rings. The van der Waals surface area contributed by atoms with Crippen molar-refractivity contribution >= 4 is 17.8 Å². The van der Waals surface area contributed by atoms with Gasteiger partial charge in [0.1, 0.15) is 0 Å². The molecule has 0 aliphatic rings. The van der Waals surface area contributed by atoms with Crippen molar-refractivity contribution in [3.63, 3.8) is 0 Å². The molecule has 1 aromatic carbocycles. The van der Waals surface area contributed by atoms with Crippen LogP contribution in [0.25, 0.3) is 0 Å². The molecule has 5 heteroatoms. The summed E-state index contributed by atoms with van der Waals surface area (Å²) in [6.45, 7) is 2.88. The van der Waals surface area contributed by atoms with E-state index in [0.29, 0.717) is 11.8 Å². The van der Waals surface area contributed by atoms with Crippen LogP contribution in [0.2, 0.25) is 0 Å². The van der Waals surface area contributed by atoms with Crippen LogP contribution in [-0.2, 0) is 0 Å². The molecule has 0 unspecified atom stereocenters. The van der Waals surface area contributed by atoms with Gasteiger partial charge in [-0.1, -0.05) is 0 Å². The van der Waals surface area contributed by atoms with Gasteiger partial charge in [-0.15, -0.1) is 0 Å². The second kappa shape index (κ2) is 4.00. The van der Waals surface area contributed by atoms with Crippen LogP contribution in [0, 0.1) is 17.0 Å². The number of carbonyl (C=O) groups is 2. The molecule has 0 atom stereocenters. The standard InChI is InChI=1S/C10H9NO4/c1-6-3-8(7(2)13)4-10(11(14)15)9(6)5-12/h3-5H,1-2H3. The minimum Gasteiger partial charge on any atom is -0.298 e. The number of aryl methyl sites for hydroxylation is 1. The average Bonchev–Trinajstić information content (AvgIpc) is 2.16. The van der Waals surface area contributed by atoms with Crippen molar-refractivity contribution < 1.29 is 14.5 Å². The smallest absolute Gasteiger partial charge is 0.280 e. The van der Waals surface area contributed by atoms with Gasteiger partial charge in [-0.05, 0) is 25.5 Å². The molecule has 0 N–H and O–H groups in total. The van der Waals surface area contributed by atoms with Crippen molar-refractivity contribution in [1.29, 1.82) is 0 Å². The Bertz CT molecular complexity index is 451. The maximum atomic E-state index is 11.1. The van der Waals surface area contributed by atoms with Gasteiger partial charge in [-0.3, -0.25) is 19.7 Å². The van der Waals surface area contributed by atoms with Crippen LogP contribution in [0.5, 0.6) is 0 Å². The zero-order valence-electron chi connectivity index (χ0n) is 8.31. The third-order valence-corrected chi connectivity index (χ3v) is 2.09. The number of hydrogen-bond donors (Lipinski definition) is 0. The number of Topliss-reactive ketones (excluding diaryl/α,β-unsaturated/α-hetero) is 1. The van der Waals surface area contributed by atoms with Crippen LogP contribution in [-0.4, -0.2) is 17.0 Å². The number of hydrogen-bond acceptors (Lipinski definition) is 4. The second-order valence-electron chi connectivity index (χ2n) is 3.16. The lowest BCUT2D eigenvalue weighted by Crippen LogP contribution is -2.01. The SMILES string of the molecule is CC(=O)c1cc(C)c(C=O)c([N+](=O)[O-])c1. The number of aldehydes is 1. The molecule has 0 saturated carbocycles. The van der Waals surface area contributed by atoms with E-state index < -0.39 is 4.92 Å². The largest absolute Gasteiger partial charge is 0.298 e. The van der Waals surface area contributed by atoms with Crippen molar-refractivity contribution in [1.82, 2.24) is 0 Å². The first-order valence-corrected chi connectivity index (χ1v) is 4.22. The van der Waals surface area contributed by atoms with Crippen molar-refractivity contribution in [2.75, 3.05) is 0 Å². The molecule has 0 aliphatic carbocycles. The summed E-state index contributed by atoms with van der Waals surface area (Å²) in [6, 6.07) is 2.60. The lowest BCUT2D eigenvalue weighted by Gasteiger charge is -2.02. The Morgan fingerprint density at radius 3 is 2.47 bits per heavy atom. The van der Waals surface area contributed by atoms with Gasteiger partial charge >= 0.3 is 0 Å². The second-order valence-corrected chi connectivity index (χ2v) is 3.16. The molecule has 0 bridgehead atoms. The highest BCUT2D eigenvalue weighted by atomic mass is 16.6.